The van der Waals surface area contributed by atoms with E-state index >= 15 is 0 Å². The Labute approximate surface area is 170 Å². The van der Waals surface area contributed by atoms with Gasteiger partial charge in [0.1, 0.15) is 5.92 Å². The van der Waals surface area contributed by atoms with Crippen molar-refractivity contribution in [1.29, 1.82) is 10.5 Å². The maximum absolute atomic E-state index is 12.6. The Bertz CT molecular complexity index is 921. The Balaban J connectivity index is 2.10. The predicted octanol–water partition coefficient (Wildman–Crippen LogP) is 3.03. The highest BCUT2D eigenvalue weighted by molar-refractivity contribution is 8.03. The van der Waals surface area contributed by atoms with Crippen LogP contribution in [0, 0.1) is 47.8 Å². The van der Waals surface area contributed by atoms with Crippen molar-refractivity contribution >= 4 is 23.6 Å². The van der Waals surface area contributed by atoms with Crippen molar-refractivity contribution in [3.8, 4) is 12.1 Å². The third-order valence-corrected chi connectivity index (χ3v) is 5.99. The van der Waals surface area contributed by atoms with Gasteiger partial charge in [0.05, 0.1) is 28.5 Å². The van der Waals surface area contributed by atoms with Crippen molar-refractivity contribution in [3.63, 3.8) is 0 Å². The Kier molecular flexibility index (Phi) is 6.53. The number of aryl methyl sites for hydroxylation is 2. The molecule has 1 heterocycles. The van der Waals surface area contributed by atoms with Crippen molar-refractivity contribution in [2.45, 2.75) is 34.2 Å². The summed E-state index contributed by atoms with van der Waals surface area (Å²) in [5.41, 5.74) is 2.81. The van der Waals surface area contributed by atoms with Crippen molar-refractivity contribution in [2.24, 2.45) is 11.3 Å². The quantitative estimate of drug-likeness (QED) is 0.825. The van der Waals surface area contributed by atoms with Gasteiger partial charge in [-0.2, -0.15) is 10.5 Å². The maximum Gasteiger partial charge on any atom is 0.243 e. The Morgan fingerprint density at radius 1 is 1.32 bits per heavy atom. The van der Waals surface area contributed by atoms with Gasteiger partial charge in [-0.1, -0.05) is 49.4 Å². The van der Waals surface area contributed by atoms with Crippen LogP contribution in [0.3, 0.4) is 0 Å². The van der Waals surface area contributed by atoms with E-state index in [2.05, 4.69) is 17.5 Å². The smallest absolute Gasteiger partial charge is 0.243 e. The van der Waals surface area contributed by atoms with Crippen molar-refractivity contribution in [3.05, 3.63) is 45.5 Å². The highest BCUT2D eigenvalue weighted by Gasteiger charge is 2.44. The molecule has 1 aliphatic rings. The molecule has 1 atom stereocenters. The third-order valence-electron chi connectivity index (χ3n) is 5.00. The van der Waals surface area contributed by atoms with Crippen LogP contribution in [-0.4, -0.2) is 29.5 Å². The van der Waals surface area contributed by atoms with E-state index < -0.39 is 17.2 Å². The number of hydrogen-bond donors (Lipinski definition) is 1. The minimum Gasteiger partial charge on any atom is -0.341 e. The number of rotatable bonds is 5. The number of hydrogen-bond acceptors (Lipinski definition) is 5. The van der Waals surface area contributed by atoms with Gasteiger partial charge in [-0.3, -0.25) is 9.59 Å². The van der Waals surface area contributed by atoms with Crippen molar-refractivity contribution < 1.29 is 9.59 Å². The highest BCUT2D eigenvalue weighted by atomic mass is 32.2. The second-order valence-corrected chi connectivity index (χ2v) is 8.54. The van der Waals surface area contributed by atoms with E-state index in [1.54, 1.807) is 25.8 Å². The summed E-state index contributed by atoms with van der Waals surface area (Å²) >= 11 is 1.13. The lowest BCUT2D eigenvalue weighted by Gasteiger charge is -2.34. The molecule has 28 heavy (non-hydrogen) atoms. The molecule has 1 N–H and O–H groups in total. The Morgan fingerprint density at radius 2 is 2.00 bits per heavy atom. The number of nitrogens with one attached hydrogen (secondary N) is 1. The highest BCUT2D eigenvalue weighted by Crippen LogP contribution is 2.41. The maximum atomic E-state index is 12.6. The van der Waals surface area contributed by atoms with Crippen LogP contribution in [0.2, 0.25) is 0 Å². The molecule has 1 aromatic carbocycles. The molecule has 0 unspecified atom stereocenters. The van der Waals surface area contributed by atoms with E-state index in [9.17, 15) is 20.1 Å². The van der Waals surface area contributed by atoms with Gasteiger partial charge in [-0.15, -0.1) is 0 Å². The zero-order valence-corrected chi connectivity index (χ0v) is 17.6. The SMILES string of the molecule is Cc1ccc(CN(C)C(=O)CSC2=C(C#N)C(C)(C)[C@H](C#N)C(=O)N2)c(C)c1. The number of allylic oxidation sites excluding steroid dienone is 1. The molecule has 0 aliphatic carbocycles. The summed E-state index contributed by atoms with van der Waals surface area (Å²) in [6, 6.07) is 10.2. The first-order valence-electron chi connectivity index (χ1n) is 8.90. The van der Waals surface area contributed by atoms with Gasteiger partial charge in [0.15, 0.2) is 0 Å². The second kappa shape index (κ2) is 8.50. The van der Waals surface area contributed by atoms with Crippen LogP contribution < -0.4 is 5.32 Å². The van der Waals surface area contributed by atoms with Gasteiger partial charge < -0.3 is 10.2 Å². The van der Waals surface area contributed by atoms with Crippen LogP contribution in [0.25, 0.3) is 0 Å². The van der Waals surface area contributed by atoms with Crippen LogP contribution >= 0.6 is 11.8 Å². The summed E-state index contributed by atoms with van der Waals surface area (Å²) < 4.78 is 0. The molecule has 0 spiro atoms. The zero-order chi connectivity index (χ0) is 21.1. The fraction of sp³-hybridized carbons (Fsp3) is 0.429. The lowest BCUT2D eigenvalue weighted by atomic mass is 9.72. The van der Waals surface area contributed by atoms with Gasteiger partial charge in [0.25, 0.3) is 0 Å². The summed E-state index contributed by atoms with van der Waals surface area (Å²) in [6.45, 7) is 7.94. The Hall–Kier alpha value is -2.77. The molecule has 0 radical (unpaired) electrons. The monoisotopic (exact) mass is 396 g/mol. The molecule has 2 amide bonds. The summed E-state index contributed by atoms with van der Waals surface area (Å²) in [5, 5.41) is 21.8. The first-order chi connectivity index (χ1) is 13.1. The number of carbonyl (C=O) groups is 2. The molecule has 0 fully saturated rings. The van der Waals surface area contributed by atoms with E-state index in [1.165, 1.54) is 5.56 Å². The van der Waals surface area contributed by atoms with E-state index in [0.29, 0.717) is 17.1 Å². The van der Waals surface area contributed by atoms with Gasteiger partial charge in [-0.05, 0) is 25.0 Å². The van der Waals surface area contributed by atoms with Crippen LogP contribution in [0.5, 0.6) is 0 Å². The van der Waals surface area contributed by atoms with Crippen LogP contribution in [-0.2, 0) is 16.1 Å². The van der Waals surface area contributed by atoms with Crippen molar-refractivity contribution in [1.82, 2.24) is 10.2 Å². The summed E-state index contributed by atoms with van der Waals surface area (Å²) in [6.07, 6.45) is 0. The number of nitrogens with zero attached hydrogens (tertiary/aromatic N) is 3. The normalized spacial score (nSPS) is 18.1. The average Bonchev–Trinajstić information content (AvgIpc) is 2.61. The van der Waals surface area contributed by atoms with E-state index in [1.807, 2.05) is 32.0 Å². The van der Waals surface area contributed by atoms with Crippen LogP contribution in [0.1, 0.15) is 30.5 Å². The molecule has 0 aromatic heterocycles. The fourth-order valence-electron chi connectivity index (χ4n) is 3.15. The molecule has 0 bridgehead atoms. The van der Waals surface area contributed by atoms with Gasteiger partial charge in [0.2, 0.25) is 11.8 Å². The van der Waals surface area contributed by atoms with Gasteiger partial charge in [0, 0.05) is 19.0 Å². The molecule has 1 aromatic rings. The molecule has 2 rings (SSSR count). The predicted molar refractivity (Wildman–Crippen MR) is 109 cm³/mol. The molecule has 1 aliphatic heterocycles. The Morgan fingerprint density at radius 3 is 2.57 bits per heavy atom. The van der Waals surface area contributed by atoms with Crippen molar-refractivity contribution in [2.75, 3.05) is 12.8 Å². The first-order valence-corrected chi connectivity index (χ1v) is 9.88. The minimum atomic E-state index is -0.936. The topological polar surface area (TPSA) is 97.0 Å². The molecular weight excluding hydrogens is 372 g/mol. The summed E-state index contributed by atoms with van der Waals surface area (Å²) in [5.74, 6) is -1.39. The number of carbonyl (C=O) groups excluding carboxylic acids is 2. The van der Waals surface area contributed by atoms with E-state index in [4.69, 9.17) is 0 Å². The second-order valence-electron chi connectivity index (χ2n) is 7.56. The standard InChI is InChI=1S/C21H24N4O2S/c1-13-6-7-15(14(2)8-13)11-25(5)18(26)12-28-20-17(10-23)21(3,4)16(9-22)19(27)24-20/h6-8,16H,11-12H2,1-5H3,(H,24,27)/t16-/m1/s1. The minimum absolute atomic E-state index is 0.0928. The van der Waals surface area contributed by atoms with E-state index in [-0.39, 0.29) is 11.7 Å². The van der Waals surface area contributed by atoms with E-state index in [0.717, 1.165) is 22.9 Å². The number of benzene rings is 1. The molecular formula is C21H24N4O2S. The number of amides is 2. The molecule has 0 saturated carbocycles. The summed E-state index contributed by atoms with van der Waals surface area (Å²) in [4.78, 5) is 26.4. The lowest BCUT2D eigenvalue weighted by molar-refractivity contribution is -0.128. The molecule has 0 saturated heterocycles. The average molecular weight is 397 g/mol. The number of nitriles is 2. The molecule has 6 nitrogen and oxygen atoms in total. The molecule has 7 heteroatoms. The number of thioether (sulfide) groups is 1. The zero-order valence-electron chi connectivity index (χ0n) is 16.8. The van der Waals surface area contributed by atoms with Crippen LogP contribution in [0.4, 0.5) is 0 Å². The van der Waals surface area contributed by atoms with Gasteiger partial charge in [-0.25, -0.2) is 0 Å². The summed E-state index contributed by atoms with van der Waals surface area (Å²) in [7, 11) is 1.73. The third kappa shape index (κ3) is 4.37. The first kappa shape index (κ1) is 21.5. The lowest BCUT2D eigenvalue weighted by Crippen LogP contribution is -2.44. The largest absolute Gasteiger partial charge is 0.341 e. The molecule has 146 valence electrons. The fourth-order valence-corrected chi connectivity index (χ4v) is 4.26. The van der Waals surface area contributed by atoms with Gasteiger partial charge >= 0.3 is 0 Å². The van der Waals surface area contributed by atoms with Crippen LogP contribution in [0.15, 0.2) is 28.8 Å².